The number of carbonyl (C=O) groups is 1. The third kappa shape index (κ3) is 5.35. The van der Waals surface area contributed by atoms with Gasteiger partial charge in [0.15, 0.2) is 10.9 Å². The zero-order valence-electron chi connectivity index (χ0n) is 18.2. The van der Waals surface area contributed by atoms with E-state index in [9.17, 15) is 9.18 Å². The largest absolute Gasteiger partial charge is 0.497 e. The zero-order chi connectivity index (χ0) is 23.4. The van der Waals surface area contributed by atoms with Gasteiger partial charge in [-0.3, -0.25) is 4.79 Å². The molecule has 2 aromatic heterocycles. The number of nitrogens with one attached hydrogen (secondary N) is 1. The van der Waals surface area contributed by atoms with Gasteiger partial charge in [-0.05, 0) is 56.3 Å². The lowest BCUT2D eigenvalue weighted by Crippen LogP contribution is -2.15. The summed E-state index contributed by atoms with van der Waals surface area (Å²) in [7, 11) is 1.56. The third-order valence-electron chi connectivity index (χ3n) is 4.68. The highest BCUT2D eigenvalue weighted by Gasteiger charge is 2.22. The molecule has 2 heterocycles. The average Bonchev–Trinajstić information content (AvgIpc) is 3.22. The maximum Gasteiger partial charge on any atom is 0.278 e. The van der Waals surface area contributed by atoms with Crippen molar-refractivity contribution in [3.8, 4) is 11.4 Å². The SMILES string of the molecule is COc1cccc(NC(=O)c2nnn(-c3ccc(F)cc3)c2CSc2nc(C)cc(C)n2)c1. The number of hydrogen-bond donors (Lipinski definition) is 1. The maximum absolute atomic E-state index is 13.4. The monoisotopic (exact) mass is 464 g/mol. The van der Waals surface area contributed by atoms with Crippen LogP contribution in [0, 0.1) is 19.7 Å². The quantitative estimate of drug-likeness (QED) is 0.321. The Kier molecular flexibility index (Phi) is 6.64. The molecule has 0 saturated carbocycles. The lowest BCUT2D eigenvalue weighted by atomic mass is 10.2. The number of hydrogen-bond acceptors (Lipinski definition) is 7. The number of anilines is 1. The van der Waals surface area contributed by atoms with Gasteiger partial charge < -0.3 is 10.1 Å². The second-order valence-corrected chi connectivity index (χ2v) is 8.12. The standard InChI is InChI=1S/C23H21FN6O2S/c1-14-11-15(2)26-23(25-14)33-13-20-21(22(31)27-17-5-4-6-19(12-17)32-3)28-29-30(20)18-9-7-16(24)8-10-18/h4-12H,13H2,1-3H3,(H,27,31). The van der Waals surface area contributed by atoms with Crippen LogP contribution < -0.4 is 10.1 Å². The van der Waals surface area contributed by atoms with Crippen LogP contribution in [0.3, 0.4) is 0 Å². The number of halogens is 1. The molecule has 10 heteroatoms. The van der Waals surface area contributed by atoms with Gasteiger partial charge in [-0.2, -0.15) is 0 Å². The van der Waals surface area contributed by atoms with E-state index in [1.54, 1.807) is 43.5 Å². The number of amides is 1. The Bertz CT molecular complexity index is 1270. The van der Waals surface area contributed by atoms with Gasteiger partial charge in [0.05, 0.1) is 18.5 Å². The number of aromatic nitrogens is 5. The van der Waals surface area contributed by atoms with Crippen molar-refractivity contribution in [1.29, 1.82) is 0 Å². The summed E-state index contributed by atoms with van der Waals surface area (Å²) in [5.74, 6) is 0.155. The normalized spacial score (nSPS) is 10.8. The van der Waals surface area contributed by atoms with Crippen molar-refractivity contribution in [2.75, 3.05) is 12.4 Å². The predicted molar refractivity (Wildman–Crippen MR) is 123 cm³/mol. The van der Waals surface area contributed by atoms with Crippen LogP contribution in [-0.2, 0) is 5.75 Å². The molecule has 1 N–H and O–H groups in total. The summed E-state index contributed by atoms with van der Waals surface area (Å²) in [6.45, 7) is 3.80. The summed E-state index contributed by atoms with van der Waals surface area (Å²) < 4.78 is 20.2. The van der Waals surface area contributed by atoms with Crippen LogP contribution in [0.4, 0.5) is 10.1 Å². The number of aryl methyl sites for hydroxylation is 2. The van der Waals surface area contributed by atoms with E-state index in [-0.39, 0.29) is 11.5 Å². The van der Waals surface area contributed by atoms with Crippen LogP contribution in [0.25, 0.3) is 5.69 Å². The lowest BCUT2D eigenvalue weighted by molar-refractivity contribution is 0.102. The minimum absolute atomic E-state index is 0.152. The minimum atomic E-state index is -0.423. The van der Waals surface area contributed by atoms with E-state index in [0.29, 0.717) is 33.7 Å². The molecule has 0 aliphatic rings. The first-order valence-electron chi connectivity index (χ1n) is 10.0. The summed E-state index contributed by atoms with van der Waals surface area (Å²) >= 11 is 1.37. The van der Waals surface area contributed by atoms with Gasteiger partial charge in [-0.25, -0.2) is 19.0 Å². The fourth-order valence-corrected chi connectivity index (χ4v) is 4.12. The van der Waals surface area contributed by atoms with E-state index >= 15 is 0 Å². The average molecular weight is 465 g/mol. The Balaban J connectivity index is 1.66. The van der Waals surface area contributed by atoms with Gasteiger partial charge in [-0.1, -0.05) is 23.0 Å². The Morgan fingerprint density at radius 3 is 2.52 bits per heavy atom. The van der Waals surface area contributed by atoms with Crippen LogP contribution >= 0.6 is 11.8 Å². The fourth-order valence-electron chi connectivity index (χ4n) is 3.18. The molecule has 0 fully saturated rings. The number of methoxy groups -OCH3 is 1. The van der Waals surface area contributed by atoms with Gasteiger partial charge in [0.25, 0.3) is 5.91 Å². The van der Waals surface area contributed by atoms with E-state index in [2.05, 4.69) is 25.6 Å². The van der Waals surface area contributed by atoms with E-state index < -0.39 is 5.91 Å². The molecule has 33 heavy (non-hydrogen) atoms. The minimum Gasteiger partial charge on any atom is -0.497 e. The maximum atomic E-state index is 13.4. The molecule has 4 aromatic rings. The molecule has 1 amide bonds. The first kappa shape index (κ1) is 22.4. The lowest BCUT2D eigenvalue weighted by Gasteiger charge is -2.09. The molecular formula is C23H21FN6O2S. The molecule has 4 rings (SSSR count). The molecule has 0 atom stereocenters. The zero-order valence-corrected chi connectivity index (χ0v) is 19.1. The number of rotatable bonds is 7. The predicted octanol–water partition coefficient (Wildman–Crippen LogP) is 4.37. The third-order valence-corrected chi connectivity index (χ3v) is 5.54. The molecule has 0 aliphatic carbocycles. The number of benzene rings is 2. The molecule has 0 radical (unpaired) electrons. The van der Waals surface area contributed by atoms with Crippen molar-refractivity contribution in [3.63, 3.8) is 0 Å². The Labute approximate surface area is 194 Å². The van der Waals surface area contributed by atoms with Crippen molar-refractivity contribution in [3.05, 3.63) is 83.2 Å². The molecule has 2 aromatic carbocycles. The van der Waals surface area contributed by atoms with Gasteiger partial charge >= 0.3 is 0 Å². The Morgan fingerprint density at radius 2 is 1.82 bits per heavy atom. The van der Waals surface area contributed by atoms with Crippen molar-refractivity contribution >= 4 is 23.4 Å². The van der Waals surface area contributed by atoms with Gasteiger partial charge in [0.2, 0.25) is 0 Å². The molecule has 0 spiro atoms. The van der Waals surface area contributed by atoms with E-state index in [1.807, 2.05) is 19.9 Å². The summed E-state index contributed by atoms with van der Waals surface area (Å²) in [6.07, 6.45) is 0. The molecule has 0 saturated heterocycles. The smallest absolute Gasteiger partial charge is 0.278 e. The molecule has 0 bridgehead atoms. The van der Waals surface area contributed by atoms with Crippen LogP contribution in [0.1, 0.15) is 27.6 Å². The van der Waals surface area contributed by atoms with Crippen LogP contribution in [0.2, 0.25) is 0 Å². The Hall–Kier alpha value is -3.79. The van der Waals surface area contributed by atoms with E-state index in [0.717, 1.165) is 11.4 Å². The highest BCUT2D eigenvalue weighted by Crippen LogP contribution is 2.25. The Morgan fingerprint density at radius 1 is 1.09 bits per heavy atom. The highest BCUT2D eigenvalue weighted by atomic mass is 32.2. The molecule has 168 valence electrons. The summed E-state index contributed by atoms with van der Waals surface area (Å²) in [5.41, 5.74) is 3.54. The second-order valence-electron chi connectivity index (χ2n) is 7.18. The second kappa shape index (κ2) is 9.78. The van der Waals surface area contributed by atoms with E-state index in [1.165, 1.54) is 28.6 Å². The van der Waals surface area contributed by atoms with Crippen LogP contribution in [0.15, 0.2) is 59.8 Å². The van der Waals surface area contributed by atoms with Crippen molar-refractivity contribution < 1.29 is 13.9 Å². The molecular weight excluding hydrogens is 443 g/mol. The summed E-state index contributed by atoms with van der Waals surface area (Å²) in [4.78, 5) is 22.0. The number of nitrogens with zero attached hydrogens (tertiary/aromatic N) is 5. The molecule has 0 aliphatic heterocycles. The summed E-state index contributed by atoms with van der Waals surface area (Å²) in [5, 5.41) is 11.7. The highest BCUT2D eigenvalue weighted by molar-refractivity contribution is 7.98. The van der Waals surface area contributed by atoms with Gasteiger partial charge in [-0.15, -0.1) is 5.10 Å². The fraction of sp³-hybridized carbons (Fsp3) is 0.174. The number of carbonyl (C=O) groups excluding carboxylic acids is 1. The number of ether oxygens (including phenoxy) is 1. The van der Waals surface area contributed by atoms with Crippen molar-refractivity contribution in [1.82, 2.24) is 25.0 Å². The van der Waals surface area contributed by atoms with Crippen molar-refractivity contribution in [2.45, 2.75) is 24.8 Å². The first-order valence-corrected chi connectivity index (χ1v) is 11.0. The van der Waals surface area contributed by atoms with Crippen LogP contribution in [0.5, 0.6) is 5.75 Å². The first-order chi connectivity index (χ1) is 15.9. The molecule has 0 unspecified atom stereocenters. The van der Waals surface area contributed by atoms with Gasteiger partial charge in [0, 0.05) is 28.9 Å². The van der Waals surface area contributed by atoms with E-state index in [4.69, 9.17) is 4.74 Å². The topological polar surface area (TPSA) is 94.8 Å². The van der Waals surface area contributed by atoms with Gasteiger partial charge in [0.1, 0.15) is 11.6 Å². The summed E-state index contributed by atoms with van der Waals surface area (Å²) in [6, 6.07) is 14.7. The number of thioether (sulfide) groups is 1. The van der Waals surface area contributed by atoms with Crippen molar-refractivity contribution in [2.24, 2.45) is 0 Å². The van der Waals surface area contributed by atoms with Crippen LogP contribution in [-0.4, -0.2) is 38.0 Å². The molecule has 8 nitrogen and oxygen atoms in total.